The Labute approximate surface area is 125 Å². The fourth-order valence-electron chi connectivity index (χ4n) is 2.48. The van der Waals surface area contributed by atoms with Crippen LogP contribution in [-0.2, 0) is 11.2 Å². The summed E-state index contributed by atoms with van der Waals surface area (Å²) in [5.41, 5.74) is 1.97. The number of aliphatic carboxylic acids is 1. The molecule has 2 rings (SSSR count). The molecule has 0 amide bonds. The molecule has 0 aromatic heterocycles. The van der Waals surface area contributed by atoms with Gasteiger partial charge < -0.3 is 10.4 Å². The van der Waals surface area contributed by atoms with Crippen LogP contribution in [0, 0.1) is 6.92 Å². The van der Waals surface area contributed by atoms with Gasteiger partial charge in [-0.15, -0.1) is 0 Å². The molecular weight excluding hydrogens is 262 g/mol. The van der Waals surface area contributed by atoms with Crippen molar-refractivity contribution in [1.29, 1.82) is 0 Å². The molecule has 0 aliphatic heterocycles. The highest BCUT2D eigenvalue weighted by molar-refractivity contribution is 5.83. The van der Waals surface area contributed by atoms with Gasteiger partial charge in [-0.05, 0) is 36.6 Å². The minimum Gasteiger partial charge on any atom is -0.479 e. The van der Waals surface area contributed by atoms with Gasteiger partial charge in [0.15, 0.2) is 0 Å². The van der Waals surface area contributed by atoms with Crippen molar-refractivity contribution >= 4 is 11.7 Å². The molecule has 0 fully saturated rings. The molecule has 3 heteroatoms. The van der Waals surface area contributed by atoms with Crippen LogP contribution < -0.4 is 5.32 Å². The summed E-state index contributed by atoms with van der Waals surface area (Å²) in [6.07, 6.45) is 0.957. The van der Waals surface area contributed by atoms with Gasteiger partial charge in [-0.3, -0.25) is 0 Å². The van der Waals surface area contributed by atoms with Gasteiger partial charge >= 0.3 is 5.97 Å². The van der Waals surface area contributed by atoms with E-state index >= 15 is 0 Å². The second-order valence-corrected chi connectivity index (χ2v) is 5.40. The van der Waals surface area contributed by atoms with Crippen LogP contribution in [-0.4, -0.2) is 16.6 Å². The number of rotatable bonds is 6. The Morgan fingerprint density at radius 1 is 1.14 bits per heavy atom. The van der Waals surface area contributed by atoms with E-state index in [2.05, 4.69) is 5.32 Å². The van der Waals surface area contributed by atoms with E-state index in [1.54, 1.807) is 0 Å². The Kier molecular flexibility index (Phi) is 4.63. The number of carboxylic acids is 1. The van der Waals surface area contributed by atoms with E-state index in [0.29, 0.717) is 12.8 Å². The zero-order valence-corrected chi connectivity index (χ0v) is 12.5. The number of carbonyl (C=O) groups is 1. The van der Waals surface area contributed by atoms with Gasteiger partial charge in [0.1, 0.15) is 5.54 Å². The molecule has 2 aromatic carbocycles. The first-order chi connectivity index (χ1) is 10.1. The molecule has 2 N–H and O–H groups in total. The van der Waals surface area contributed by atoms with Gasteiger partial charge in [-0.1, -0.05) is 49.4 Å². The lowest BCUT2D eigenvalue weighted by Gasteiger charge is -2.31. The first-order valence-electron chi connectivity index (χ1n) is 7.18. The highest BCUT2D eigenvalue weighted by Crippen LogP contribution is 2.24. The summed E-state index contributed by atoms with van der Waals surface area (Å²) in [6, 6.07) is 17.5. The number of hydrogen-bond donors (Lipinski definition) is 2. The van der Waals surface area contributed by atoms with E-state index in [9.17, 15) is 9.90 Å². The molecule has 0 bridgehead atoms. The summed E-state index contributed by atoms with van der Waals surface area (Å²) in [7, 11) is 0. The van der Waals surface area contributed by atoms with Crippen molar-refractivity contribution in [3.8, 4) is 0 Å². The minimum absolute atomic E-state index is 0.452. The Morgan fingerprint density at radius 2 is 1.86 bits per heavy atom. The van der Waals surface area contributed by atoms with Crippen molar-refractivity contribution in [3.63, 3.8) is 0 Å². The van der Waals surface area contributed by atoms with Crippen molar-refractivity contribution < 1.29 is 9.90 Å². The van der Waals surface area contributed by atoms with Gasteiger partial charge in [-0.2, -0.15) is 0 Å². The topological polar surface area (TPSA) is 49.3 Å². The molecule has 0 aliphatic rings. The van der Waals surface area contributed by atoms with Crippen LogP contribution in [0.3, 0.4) is 0 Å². The molecule has 1 unspecified atom stereocenters. The van der Waals surface area contributed by atoms with Crippen molar-refractivity contribution in [2.75, 3.05) is 5.32 Å². The maximum absolute atomic E-state index is 11.9. The van der Waals surface area contributed by atoms with Gasteiger partial charge in [0.25, 0.3) is 0 Å². The minimum atomic E-state index is -0.991. The lowest BCUT2D eigenvalue weighted by Crippen LogP contribution is -2.48. The number of hydrogen-bond acceptors (Lipinski definition) is 2. The summed E-state index contributed by atoms with van der Waals surface area (Å²) in [5.74, 6) is -0.824. The van der Waals surface area contributed by atoms with Crippen LogP contribution in [0.4, 0.5) is 5.69 Å². The number of nitrogens with one attached hydrogen (secondary N) is 1. The maximum atomic E-state index is 11.9. The maximum Gasteiger partial charge on any atom is 0.329 e. The van der Waals surface area contributed by atoms with E-state index < -0.39 is 11.5 Å². The number of aryl methyl sites for hydroxylation is 1. The summed E-state index contributed by atoms with van der Waals surface area (Å²) in [4.78, 5) is 11.9. The zero-order valence-electron chi connectivity index (χ0n) is 12.5. The highest BCUT2D eigenvalue weighted by Gasteiger charge is 2.36. The predicted octanol–water partition coefficient (Wildman–Crippen LogP) is 3.88. The van der Waals surface area contributed by atoms with E-state index in [-0.39, 0.29) is 0 Å². The smallest absolute Gasteiger partial charge is 0.329 e. The monoisotopic (exact) mass is 283 g/mol. The Bertz CT molecular complexity index is 610. The second kappa shape index (κ2) is 6.44. The molecule has 3 nitrogen and oxygen atoms in total. The SMILES string of the molecule is CCC(Cc1ccccc1)(Nc1cccc(C)c1)C(=O)O. The average Bonchev–Trinajstić information content (AvgIpc) is 2.47. The van der Waals surface area contributed by atoms with Crippen LogP contribution in [0.15, 0.2) is 54.6 Å². The quantitative estimate of drug-likeness (QED) is 0.845. The Morgan fingerprint density at radius 3 is 2.43 bits per heavy atom. The lowest BCUT2D eigenvalue weighted by atomic mass is 9.87. The summed E-state index contributed by atoms with van der Waals surface area (Å²) in [6.45, 7) is 3.90. The molecule has 0 spiro atoms. The van der Waals surface area contributed by atoms with Gasteiger partial charge in [0.2, 0.25) is 0 Å². The van der Waals surface area contributed by atoms with Crippen LogP contribution in [0.2, 0.25) is 0 Å². The lowest BCUT2D eigenvalue weighted by molar-refractivity contribution is -0.142. The standard InChI is InChI=1S/C18H21NO2/c1-3-18(17(20)21,13-15-9-5-4-6-10-15)19-16-11-7-8-14(2)12-16/h4-12,19H,3,13H2,1-2H3,(H,20,21). The van der Waals surface area contributed by atoms with E-state index in [4.69, 9.17) is 0 Å². The molecule has 0 saturated carbocycles. The second-order valence-electron chi connectivity index (χ2n) is 5.40. The van der Waals surface area contributed by atoms with E-state index in [0.717, 1.165) is 16.8 Å². The number of benzene rings is 2. The van der Waals surface area contributed by atoms with Crippen LogP contribution in [0.5, 0.6) is 0 Å². The first kappa shape index (κ1) is 15.1. The predicted molar refractivity (Wildman–Crippen MR) is 85.6 cm³/mol. The van der Waals surface area contributed by atoms with Gasteiger partial charge in [0.05, 0.1) is 0 Å². The Balaban J connectivity index is 2.31. The van der Waals surface area contributed by atoms with Crippen molar-refractivity contribution in [3.05, 3.63) is 65.7 Å². The average molecular weight is 283 g/mol. The largest absolute Gasteiger partial charge is 0.479 e. The zero-order chi connectivity index (χ0) is 15.3. The van der Waals surface area contributed by atoms with Gasteiger partial charge in [0, 0.05) is 12.1 Å². The Hall–Kier alpha value is -2.29. The van der Waals surface area contributed by atoms with Crippen LogP contribution >= 0.6 is 0 Å². The molecular formula is C18H21NO2. The molecule has 0 aliphatic carbocycles. The van der Waals surface area contributed by atoms with E-state index in [1.165, 1.54) is 0 Å². The third kappa shape index (κ3) is 3.63. The number of anilines is 1. The fourth-order valence-corrected chi connectivity index (χ4v) is 2.48. The normalized spacial score (nSPS) is 13.4. The molecule has 0 heterocycles. The summed E-state index contributed by atoms with van der Waals surface area (Å²) < 4.78 is 0. The van der Waals surface area contributed by atoms with Crippen molar-refractivity contribution in [2.45, 2.75) is 32.2 Å². The van der Waals surface area contributed by atoms with Crippen LogP contribution in [0.25, 0.3) is 0 Å². The fraction of sp³-hybridized carbons (Fsp3) is 0.278. The molecule has 21 heavy (non-hydrogen) atoms. The van der Waals surface area contributed by atoms with Crippen molar-refractivity contribution in [2.24, 2.45) is 0 Å². The molecule has 110 valence electrons. The molecule has 2 aromatic rings. The van der Waals surface area contributed by atoms with E-state index in [1.807, 2.05) is 68.4 Å². The number of carboxylic acid groups (broad SMARTS) is 1. The molecule has 0 saturated heterocycles. The molecule has 0 radical (unpaired) electrons. The summed E-state index contributed by atoms with van der Waals surface area (Å²) >= 11 is 0. The third-order valence-electron chi connectivity index (χ3n) is 3.76. The molecule has 1 atom stereocenters. The van der Waals surface area contributed by atoms with Gasteiger partial charge in [-0.25, -0.2) is 4.79 Å². The summed E-state index contributed by atoms with van der Waals surface area (Å²) in [5, 5.41) is 13.0. The van der Waals surface area contributed by atoms with Crippen molar-refractivity contribution in [1.82, 2.24) is 0 Å². The van der Waals surface area contributed by atoms with Crippen LogP contribution in [0.1, 0.15) is 24.5 Å². The highest BCUT2D eigenvalue weighted by atomic mass is 16.4. The third-order valence-corrected chi connectivity index (χ3v) is 3.76. The first-order valence-corrected chi connectivity index (χ1v) is 7.18.